The Morgan fingerprint density at radius 2 is 2.04 bits per heavy atom. The first-order chi connectivity index (χ1) is 13.2. The number of rotatable bonds is 5. The summed E-state index contributed by atoms with van der Waals surface area (Å²) in [6.45, 7) is 3.47. The van der Waals surface area contributed by atoms with Gasteiger partial charge in [-0.1, -0.05) is 18.2 Å². The number of hydrogen-bond donors (Lipinski definition) is 1. The van der Waals surface area contributed by atoms with Crippen LogP contribution in [0.4, 0.5) is 0 Å². The van der Waals surface area contributed by atoms with Gasteiger partial charge in [0.05, 0.1) is 24.4 Å². The van der Waals surface area contributed by atoms with E-state index < -0.39 is 0 Å². The van der Waals surface area contributed by atoms with Gasteiger partial charge in [0.25, 0.3) is 5.56 Å². The van der Waals surface area contributed by atoms with E-state index in [0.29, 0.717) is 18.6 Å². The number of aromatic nitrogens is 2. The molecule has 7 heteroatoms. The summed E-state index contributed by atoms with van der Waals surface area (Å²) in [5.41, 5.74) is -0.0652. The average molecular weight is 370 g/mol. The highest BCUT2D eigenvalue weighted by Gasteiger charge is 2.26. The van der Waals surface area contributed by atoms with Gasteiger partial charge < -0.3 is 10.1 Å². The van der Waals surface area contributed by atoms with Gasteiger partial charge in [0.2, 0.25) is 5.91 Å². The van der Waals surface area contributed by atoms with Crippen LogP contribution in [-0.4, -0.2) is 52.9 Å². The third-order valence-electron chi connectivity index (χ3n) is 5.58. The Kier molecular flexibility index (Phi) is 5.50. The smallest absolute Gasteiger partial charge is 0.275 e. The predicted molar refractivity (Wildman–Crippen MR) is 102 cm³/mol. The van der Waals surface area contributed by atoms with Crippen molar-refractivity contribution in [1.29, 1.82) is 0 Å². The first-order valence-corrected chi connectivity index (χ1v) is 9.77. The summed E-state index contributed by atoms with van der Waals surface area (Å²) in [4.78, 5) is 27.1. The maximum atomic E-state index is 12.6. The predicted octanol–water partition coefficient (Wildman–Crippen LogP) is 1.36. The zero-order valence-corrected chi connectivity index (χ0v) is 15.5. The number of benzene rings is 1. The number of nitrogens with zero attached hydrogens (tertiary/aromatic N) is 3. The zero-order valence-electron chi connectivity index (χ0n) is 15.5. The second-order valence-corrected chi connectivity index (χ2v) is 7.45. The van der Waals surface area contributed by atoms with Crippen molar-refractivity contribution < 1.29 is 9.53 Å². The molecule has 1 amide bonds. The first kappa shape index (κ1) is 18.1. The molecule has 1 atom stereocenters. The van der Waals surface area contributed by atoms with Gasteiger partial charge >= 0.3 is 0 Å². The number of amides is 1. The van der Waals surface area contributed by atoms with E-state index in [9.17, 15) is 9.59 Å². The van der Waals surface area contributed by atoms with E-state index in [1.54, 1.807) is 6.20 Å². The van der Waals surface area contributed by atoms with Gasteiger partial charge in [0, 0.05) is 37.5 Å². The Hall–Kier alpha value is -2.25. The highest BCUT2D eigenvalue weighted by Crippen LogP contribution is 2.18. The lowest BCUT2D eigenvalue weighted by atomic mass is 9.96. The Labute approximate surface area is 158 Å². The number of piperidine rings is 1. The topological polar surface area (TPSA) is 76.5 Å². The third-order valence-corrected chi connectivity index (χ3v) is 5.58. The number of hydrogen-bond acceptors (Lipinski definition) is 5. The molecule has 1 aromatic carbocycles. The molecule has 0 spiro atoms. The molecule has 2 aliphatic rings. The molecule has 3 heterocycles. The van der Waals surface area contributed by atoms with Gasteiger partial charge in [-0.05, 0) is 31.7 Å². The van der Waals surface area contributed by atoms with Crippen molar-refractivity contribution in [1.82, 2.24) is 20.0 Å². The molecule has 0 saturated carbocycles. The first-order valence-electron chi connectivity index (χ1n) is 9.77. The van der Waals surface area contributed by atoms with Gasteiger partial charge in [-0.2, -0.15) is 5.10 Å². The van der Waals surface area contributed by atoms with Gasteiger partial charge in [0.1, 0.15) is 0 Å². The zero-order chi connectivity index (χ0) is 18.6. The molecule has 1 N–H and O–H groups in total. The second-order valence-electron chi connectivity index (χ2n) is 7.45. The number of fused-ring (bicyclic) bond motifs is 1. The maximum Gasteiger partial charge on any atom is 0.275 e. The number of carbonyl (C=O) groups is 1. The number of ether oxygens (including phenoxy) is 1. The third kappa shape index (κ3) is 4.20. The van der Waals surface area contributed by atoms with Gasteiger partial charge in [-0.15, -0.1) is 0 Å². The molecule has 2 saturated heterocycles. The summed E-state index contributed by atoms with van der Waals surface area (Å²) in [7, 11) is 0. The van der Waals surface area contributed by atoms with Crippen molar-refractivity contribution in [2.75, 3.05) is 26.2 Å². The Morgan fingerprint density at radius 3 is 2.81 bits per heavy atom. The summed E-state index contributed by atoms with van der Waals surface area (Å²) in [5, 5.41) is 8.89. The van der Waals surface area contributed by atoms with E-state index in [4.69, 9.17) is 4.74 Å². The van der Waals surface area contributed by atoms with E-state index in [1.807, 2.05) is 24.3 Å². The van der Waals surface area contributed by atoms with Gasteiger partial charge in [0.15, 0.2) is 0 Å². The van der Waals surface area contributed by atoms with Crippen molar-refractivity contribution in [2.45, 2.75) is 38.5 Å². The molecule has 144 valence electrons. The molecular weight excluding hydrogens is 344 g/mol. The molecule has 0 aliphatic carbocycles. The van der Waals surface area contributed by atoms with Crippen molar-refractivity contribution >= 4 is 16.7 Å². The fraction of sp³-hybridized carbons (Fsp3) is 0.550. The van der Waals surface area contributed by atoms with Crippen LogP contribution < -0.4 is 10.9 Å². The van der Waals surface area contributed by atoms with Crippen LogP contribution >= 0.6 is 0 Å². The quantitative estimate of drug-likeness (QED) is 0.860. The minimum absolute atomic E-state index is 0.0453. The largest absolute Gasteiger partial charge is 0.376 e. The number of carbonyl (C=O) groups excluding carboxylic acids is 1. The minimum Gasteiger partial charge on any atom is -0.376 e. The fourth-order valence-corrected chi connectivity index (χ4v) is 3.92. The van der Waals surface area contributed by atoms with Crippen LogP contribution in [0.15, 0.2) is 35.3 Å². The fourth-order valence-electron chi connectivity index (χ4n) is 3.92. The van der Waals surface area contributed by atoms with E-state index in [2.05, 4.69) is 15.3 Å². The molecule has 27 heavy (non-hydrogen) atoms. The monoisotopic (exact) mass is 370 g/mol. The maximum absolute atomic E-state index is 12.6. The highest BCUT2D eigenvalue weighted by atomic mass is 16.5. The molecule has 2 fully saturated rings. The highest BCUT2D eigenvalue weighted by molar-refractivity contribution is 5.80. The lowest BCUT2D eigenvalue weighted by Crippen LogP contribution is -2.44. The SMILES string of the molecule is O=C(NCC1CCCO1)C1CCN(Cn2ncc3ccccc3c2=O)CC1. The minimum atomic E-state index is -0.0652. The number of likely N-dealkylation sites (tertiary alicyclic amines) is 1. The van der Waals surface area contributed by atoms with Crippen LogP contribution in [0.1, 0.15) is 25.7 Å². The average Bonchev–Trinajstić information content (AvgIpc) is 3.23. The summed E-state index contributed by atoms with van der Waals surface area (Å²) in [6, 6.07) is 7.51. The van der Waals surface area contributed by atoms with Gasteiger partial charge in [-0.25, -0.2) is 4.68 Å². The molecule has 7 nitrogen and oxygen atoms in total. The lowest BCUT2D eigenvalue weighted by Gasteiger charge is -2.31. The van der Waals surface area contributed by atoms with Crippen LogP contribution in [0.5, 0.6) is 0 Å². The Balaban J connectivity index is 1.30. The summed E-state index contributed by atoms with van der Waals surface area (Å²) < 4.78 is 7.07. The Bertz CT molecular complexity index is 852. The number of nitrogens with one attached hydrogen (secondary N) is 1. The van der Waals surface area contributed by atoms with Crippen molar-refractivity contribution in [3.05, 3.63) is 40.8 Å². The van der Waals surface area contributed by atoms with E-state index in [-0.39, 0.29) is 23.5 Å². The normalized spacial score (nSPS) is 21.6. The molecule has 1 aromatic heterocycles. The van der Waals surface area contributed by atoms with Crippen LogP contribution in [0.2, 0.25) is 0 Å². The molecule has 0 radical (unpaired) electrons. The van der Waals surface area contributed by atoms with Crippen molar-refractivity contribution in [2.24, 2.45) is 5.92 Å². The van der Waals surface area contributed by atoms with Crippen molar-refractivity contribution in [3.63, 3.8) is 0 Å². The molecule has 0 bridgehead atoms. The van der Waals surface area contributed by atoms with E-state index in [1.165, 1.54) is 4.68 Å². The van der Waals surface area contributed by atoms with Crippen LogP contribution in [0.3, 0.4) is 0 Å². The summed E-state index contributed by atoms with van der Waals surface area (Å²) >= 11 is 0. The van der Waals surface area contributed by atoms with E-state index >= 15 is 0 Å². The van der Waals surface area contributed by atoms with Crippen LogP contribution in [0.25, 0.3) is 10.8 Å². The lowest BCUT2D eigenvalue weighted by molar-refractivity contribution is -0.127. The Morgan fingerprint density at radius 1 is 1.22 bits per heavy atom. The van der Waals surface area contributed by atoms with E-state index in [0.717, 1.165) is 50.8 Å². The molecule has 2 aromatic rings. The van der Waals surface area contributed by atoms with Crippen LogP contribution in [0, 0.1) is 5.92 Å². The summed E-state index contributed by atoms with van der Waals surface area (Å²) in [6.07, 6.45) is 5.65. The molecule has 4 rings (SSSR count). The molecule has 2 aliphatic heterocycles. The second kappa shape index (κ2) is 8.19. The standard InChI is InChI=1S/C20H26N4O3/c25-19(21-13-17-5-3-11-27-17)15-7-9-23(10-8-15)14-24-20(26)18-6-2-1-4-16(18)12-22-24/h1-2,4,6,12,15,17H,3,5,7-11,13-14H2,(H,21,25). The molecular formula is C20H26N4O3. The van der Waals surface area contributed by atoms with Gasteiger partial charge in [-0.3, -0.25) is 14.5 Å². The van der Waals surface area contributed by atoms with Crippen LogP contribution in [-0.2, 0) is 16.2 Å². The summed E-state index contributed by atoms with van der Waals surface area (Å²) in [5.74, 6) is 0.176. The van der Waals surface area contributed by atoms with Crippen molar-refractivity contribution in [3.8, 4) is 0 Å². The molecule has 1 unspecified atom stereocenters.